The highest BCUT2D eigenvalue weighted by atomic mass is 16.5. The average molecular weight is 388 g/mol. The molecule has 0 fully saturated rings. The summed E-state index contributed by atoms with van der Waals surface area (Å²) in [5, 5.41) is 11.5. The molecule has 1 unspecified atom stereocenters. The minimum Gasteiger partial charge on any atom is -0.493 e. The lowest BCUT2D eigenvalue weighted by molar-refractivity contribution is -0.135. The maximum atomic E-state index is 13.1. The first kappa shape index (κ1) is 20.1. The first-order chi connectivity index (χ1) is 13.4. The van der Waals surface area contributed by atoms with E-state index in [2.05, 4.69) is 15.5 Å². The summed E-state index contributed by atoms with van der Waals surface area (Å²) in [7, 11) is 3.21. The summed E-state index contributed by atoms with van der Waals surface area (Å²) in [6, 6.07) is 5.75. The van der Waals surface area contributed by atoms with Crippen LogP contribution in [0.2, 0.25) is 0 Å². The molecule has 152 valence electrons. The average Bonchev–Trinajstić information content (AvgIpc) is 3.14. The van der Waals surface area contributed by atoms with E-state index in [9.17, 15) is 4.79 Å². The van der Waals surface area contributed by atoms with Crippen LogP contribution >= 0.6 is 0 Å². The van der Waals surface area contributed by atoms with Gasteiger partial charge in [-0.1, -0.05) is 19.9 Å². The number of amides is 1. The Labute approximate surface area is 165 Å². The Balaban J connectivity index is 1.70. The summed E-state index contributed by atoms with van der Waals surface area (Å²) in [6.45, 7) is 7.12. The molecule has 0 spiro atoms. The third kappa shape index (κ3) is 3.69. The first-order valence-electron chi connectivity index (χ1n) is 9.42. The standard InChI is InChI=1S/C20H28N4O4/c1-13(2)18-23-22-17-11-28-12-20(3,24(17)18)19(25)21-9-8-14-6-7-15(26-4)16(10-14)27-5/h6-7,10,13H,8-9,11-12H2,1-5H3,(H,21,25). The number of carbonyl (C=O) groups excluding carboxylic acids is 1. The van der Waals surface area contributed by atoms with E-state index in [1.54, 1.807) is 14.2 Å². The molecule has 1 aromatic carbocycles. The van der Waals surface area contributed by atoms with Gasteiger partial charge in [0.1, 0.15) is 18.0 Å². The fourth-order valence-corrected chi connectivity index (χ4v) is 3.45. The van der Waals surface area contributed by atoms with E-state index in [4.69, 9.17) is 14.2 Å². The molecule has 3 rings (SSSR count). The number of ether oxygens (including phenoxy) is 3. The molecular formula is C20H28N4O4. The van der Waals surface area contributed by atoms with Gasteiger partial charge in [0.05, 0.1) is 20.8 Å². The highest BCUT2D eigenvalue weighted by Gasteiger charge is 2.42. The minimum absolute atomic E-state index is 0.101. The Kier molecular flexibility index (Phi) is 5.88. The van der Waals surface area contributed by atoms with Crippen molar-refractivity contribution in [2.45, 2.75) is 45.3 Å². The van der Waals surface area contributed by atoms with E-state index in [0.717, 1.165) is 11.4 Å². The molecule has 8 heteroatoms. The van der Waals surface area contributed by atoms with Gasteiger partial charge >= 0.3 is 0 Å². The molecule has 0 aliphatic carbocycles. The van der Waals surface area contributed by atoms with Crippen molar-refractivity contribution >= 4 is 5.91 Å². The maximum Gasteiger partial charge on any atom is 0.248 e. The summed E-state index contributed by atoms with van der Waals surface area (Å²) in [5.41, 5.74) is 0.185. The third-order valence-corrected chi connectivity index (χ3v) is 5.02. The second-order valence-corrected chi connectivity index (χ2v) is 7.43. The molecule has 1 aliphatic heterocycles. The van der Waals surface area contributed by atoms with Crippen molar-refractivity contribution in [3.05, 3.63) is 35.4 Å². The van der Waals surface area contributed by atoms with Crippen molar-refractivity contribution in [2.24, 2.45) is 0 Å². The monoisotopic (exact) mass is 388 g/mol. The molecule has 28 heavy (non-hydrogen) atoms. The van der Waals surface area contributed by atoms with E-state index in [1.165, 1.54) is 0 Å². The lowest BCUT2D eigenvalue weighted by Crippen LogP contribution is -2.53. The highest BCUT2D eigenvalue weighted by Crippen LogP contribution is 2.30. The lowest BCUT2D eigenvalue weighted by Gasteiger charge is -2.35. The quantitative estimate of drug-likeness (QED) is 0.781. The summed E-state index contributed by atoms with van der Waals surface area (Å²) < 4.78 is 18.2. The number of hydrogen-bond donors (Lipinski definition) is 1. The van der Waals surface area contributed by atoms with Gasteiger partial charge in [0.2, 0.25) is 5.91 Å². The Hall–Kier alpha value is -2.61. The molecule has 1 aromatic heterocycles. The highest BCUT2D eigenvalue weighted by molar-refractivity contribution is 5.84. The van der Waals surface area contributed by atoms with E-state index >= 15 is 0 Å². The number of nitrogens with zero attached hydrogens (tertiary/aromatic N) is 3. The first-order valence-corrected chi connectivity index (χ1v) is 9.42. The number of aromatic nitrogens is 3. The van der Waals surface area contributed by atoms with Crippen molar-refractivity contribution in [2.75, 3.05) is 27.4 Å². The van der Waals surface area contributed by atoms with Crippen LogP contribution in [0, 0.1) is 0 Å². The van der Waals surface area contributed by atoms with Crippen LogP contribution in [0.5, 0.6) is 11.5 Å². The fraction of sp³-hybridized carbons (Fsp3) is 0.550. The van der Waals surface area contributed by atoms with E-state index < -0.39 is 5.54 Å². The van der Waals surface area contributed by atoms with Gasteiger partial charge in [-0.25, -0.2) is 0 Å². The molecule has 0 saturated heterocycles. The fourth-order valence-electron chi connectivity index (χ4n) is 3.45. The number of methoxy groups -OCH3 is 2. The minimum atomic E-state index is -0.867. The van der Waals surface area contributed by atoms with E-state index in [-0.39, 0.29) is 11.8 Å². The van der Waals surface area contributed by atoms with Crippen LogP contribution in [0.15, 0.2) is 18.2 Å². The predicted octanol–water partition coefficient (Wildman–Crippen LogP) is 2.02. The van der Waals surface area contributed by atoms with Gasteiger partial charge in [0, 0.05) is 12.5 Å². The smallest absolute Gasteiger partial charge is 0.248 e. The zero-order valence-corrected chi connectivity index (χ0v) is 17.1. The van der Waals surface area contributed by atoms with Crippen LogP contribution in [-0.2, 0) is 28.1 Å². The van der Waals surface area contributed by atoms with Crippen molar-refractivity contribution in [1.29, 1.82) is 0 Å². The molecule has 1 atom stereocenters. The van der Waals surface area contributed by atoms with Gasteiger partial charge in [-0.05, 0) is 31.0 Å². The van der Waals surface area contributed by atoms with Gasteiger partial charge in [-0.15, -0.1) is 10.2 Å². The maximum absolute atomic E-state index is 13.1. The van der Waals surface area contributed by atoms with Crippen LogP contribution in [0.25, 0.3) is 0 Å². The second-order valence-electron chi connectivity index (χ2n) is 7.43. The SMILES string of the molecule is COc1ccc(CCNC(=O)C2(C)COCc3nnc(C(C)C)n32)cc1OC. The molecule has 0 radical (unpaired) electrons. The molecule has 2 heterocycles. The van der Waals surface area contributed by atoms with Gasteiger partial charge in [0.15, 0.2) is 17.3 Å². The van der Waals surface area contributed by atoms with Crippen LogP contribution in [0.1, 0.15) is 43.9 Å². The van der Waals surface area contributed by atoms with Gasteiger partial charge in [0.25, 0.3) is 0 Å². The lowest BCUT2D eigenvalue weighted by atomic mass is 9.98. The Bertz CT molecular complexity index is 849. The van der Waals surface area contributed by atoms with E-state index in [0.29, 0.717) is 43.5 Å². The summed E-state index contributed by atoms with van der Waals surface area (Å²) in [6.07, 6.45) is 0.676. The third-order valence-electron chi connectivity index (χ3n) is 5.02. The Morgan fingerprint density at radius 2 is 2.04 bits per heavy atom. The normalized spacial score (nSPS) is 18.6. The molecule has 1 amide bonds. The predicted molar refractivity (Wildman–Crippen MR) is 104 cm³/mol. The topological polar surface area (TPSA) is 87.5 Å². The summed E-state index contributed by atoms with van der Waals surface area (Å²) >= 11 is 0. The summed E-state index contributed by atoms with van der Waals surface area (Å²) in [5.74, 6) is 2.91. The van der Waals surface area contributed by atoms with Crippen molar-refractivity contribution in [3.8, 4) is 11.5 Å². The molecular weight excluding hydrogens is 360 g/mol. The molecule has 8 nitrogen and oxygen atoms in total. The van der Waals surface area contributed by atoms with E-state index in [1.807, 2.05) is 43.5 Å². The Morgan fingerprint density at radius 1 is 1.29 bits per heavy atom. The molecule has 0 bridgehead atoms. The number of nitrogens with one attached hydrogen (secondary N) is 1. The van der Waals surface area contributed by atoms with Crippen molar-refractivity contribution in [1.82, 2.24) is 20.1 Å². The molecule has 1 N–H and O–H groups in total. The number of fused-ring (bicyclic) bond motifs is 1. The largest absolute Gasteiger partial charge is 0.493 e. The molecule has 0 saturated carbocycles. The van der Waals surface area contributed by atoms with Crippen molar-refractivity contribution in [3.63, 3.8) is 0 Å². The number of carbonyl (C=O) groups is 1. The zero-order valence-electron chi connectivity index (χ0n) is 17.1. The summed E-state index contributed by atoms with van der Waals surface area (Å²) in [4.78, 5) is 13.1. The molecule has 2 aromatic rings. The zero-order chi connectivity index (χ0) is 20.3. The van der Waals surface area contributed by atoms with Crippen LogP contribution in [-0.4, -0.2) is 48.0 Å². The Morgan fingerprint density at radius 3 is 2.71 bits per heavy atom. The van der Waals surface area contributed by atoms with Gasteiger partial charge in [-0.3, -0.25) is 9.36 Å². The number of benzene rings is 1. The van der Waals surface area contributed by atoms with Gasteiger partial charge < -0.3 is 19.5 Å². The number of rotatable bonds is 7. The van der Waals surface area contributed by atoms with Crippen LogP contribution in [0.4, 0.5) is 0 Å². The number of hydrogen-bond acceptors (Lipinski definition) is 6. The molecule has 1 aliphatic rings. The van der Waals surface area contributed by atoms with Gasteiger partial charge in [-0.2, -0.15) is 0 Å². The van der Waals surface area contributed by atoms with Crippen LogP contribution in [0.3, 0.4) is 0 Å². The van der Waals surface area contributed by atoms with Crippen LogP contribution < -0.4 is 14.8 Å². The van der Waals surface area contributed by atoms with Crippen molar-refractivity contribution < 1.29 is 19.0 Å². The second kappa shape index (κ2) is 8.18.